The summed E-state index contributed by atoms with van der Waals surface area (Å²) < 4.78 is 14.7. The summed E-state index contributed by atoms with van der Waals surface area (Å²) in [6.07, 6.45) is 3.47. The Kier molecular flexibility index (Phi) is 2.40. The number of aromatic nitrogens is 2. The van der Waals surface area contributed by atoms with Gasteiger partial charge in [-0.15, -0.1) is 0 Å². The number of rotatable bonds is 1. The molecule has 17 heavy (non-hydrogen) atoms. The molecule has 4 nitrogen and oxygen atoms in total. The predicted molar refractivity (Wildman–Crippen MR) is 62.2 cm³/mol. The van der Waals surface area contributed by atoms with Gasteiger partial charge in [0.05, 0.1) is 23.4 Å². The summed E-state index contributed by atoms with van der Waals surface area (Å²) in [5.74, 6) is -0.409. The molecule has 1 unspecified atom stereocenters. The van der Waals surface area contributed by atoms with Crippen LogP contribution < -0.4 is 10.9 Å². The molecule has 1 aromatic carbocycles. The number of nitrogens with one attached hydrogen (secondary N) is 1. The molecule has 1 aliphatic rings. The van der Waals surface area contributed by atoms with Crippen molar-refractivity contribution in [2.75, 3.05) is 6.54 Å². The van der Waals surface area contributed by atoms with E-state index in [0.29, 0.717) is 10.9 Å². The van der Waals surface area contributed by atoms with Crippen molar-refractivity contribution >= 4 is 10.9 Å². The fourth-order valence-electron chi connectivity index (χ4n) is 2.23. The topological polar surface area (TPSA) is 46.9 Å². The van der Waals surface area contributed by atoms with Gasteiger partial charge in [0.15, 0.2) is 0 Å². The zero-order chi connectivity index (χ0) is 11.8. The highest BCUT2D eigenvalue weighted by atomic mass is 19.1. The summed E-state index contributed by atoms with van der Waals surface area (Å²) >= 11 is 0. The fraction of sp³-hybridized carbons (Fsp3) is 0.333. The van der Waals surface area contributed by atoms with Gasteiger partial charge in [-0.05, 0) is 37.6 Å². The van der Waals surface area contributed by atoms with Crippen molar-refractivity contribution in [3.8, 4) is 0 Å². The van der Waals surface area contributed by atoms with E-state index in [2.05, 4.69) is 10.3 Å². The van der Waals surface area contributed by atoms with Gasteiger partial charge < -0.3 is 0 Å². The van der Waals surface area contributed by atoms with E-state index >= 15 is 0 Å². The van der Waals surface area contributed by atoms with Gasteiger partial charge in [0, 0.05) is 0 Å². The maximum Gasteiger partial charge on any atom is 0.262 e. The molecule has 1 atom stereocenters. The van der Waals surface area contributed by atoms with Crippen LogP contribution in [-0.4, -0.2) is 16.1 Å². The van der Waals surface area contributed by atoms with Crippen LogP contribution in [0.5, 0.6) is 0 Å². The lowest BCUT2D eigenvalue weighted by atomic mass is 10.2. The van der Waals surface area contributed by atoms with Crippen LogP contribution in [-0.2, 0) is 0 Å². The molecule has 1 aliphatic heterocycles. The molecule has 0 radical (unpaired) electrons. The minimum Gasteiger partial charge on any atom is -0.297 e. The molecule has 88 valence electrons. The normalized spacial score (nSPS) is 19.9. The summed E-state index contributed by atoms with van der Waals surface area (Å²) in [7, 11) is 0. The molecule has 0 saturated carbocycles. The molecule has 0 bridgehead atoms. The highest BCUT2D eigenvalue weighted by Gasteiger charge is 2.18. The molecule has 0 amide bonds. The van der Waals surface area contributed by atoms with E-state index in [1.165, 1.54) is 24.5 Å². The van der Waals surface area contributed by atoms with Gasteiger partial charge >= 0.3 is 0 Å². The molecule has 3 rings (SSSR count). The van der Waals surface area contributed by atoms with Crippen molar-refractivity contribution < 1.29 is 4.39 Å². The van der Waals surface area contributed by atoms with E-state index in [1.54, 1.807) is 4.57 Å². The van der Waals surface area contributed by atoms with E-state index in [-0.39, 0.29) is 11.7 Å². The zero-order valence-electron chi connectivity index (χ0n) is 9.19. The third-order valence-corrected chi connectivity index (χ3v) is 3.11. The van der Waals surface area contributed by atoms with E-state index in [0.717, 1.165) is 19.4 Å². The summed E-state index contributed by atoms with van der Waals surface area (Å²) in [4.78, 5) is 16.4. The maximum absolute atomic E-state index is 13.1. The Morgan fingerprint density at radius 2 is 2.35 bits per heavy atom. The largest absolute Gasteiger partial charge is 0.297 e. The van der Waals surface area contributed by atoms with Crippen LogP contribution >= 0.6 is 0 Å². The van der Waals surface area contributed by atoms with Crippen LogP contribution in [0.1, 0.15) is 19.0 Å². The molecule has 1 saturated heterocycles. The Morgan fingerprint density at radius 3 is 3.12 bits per heavy atom. The number of halogens is 1. The molecule has 0 aliphatic carbocycles. The van der Waals surface area contributed by atoms with Gasteiger partial charge in [-0.2, -0.15) is 0 Å². The van der Waals surface area contributed by atoms with Crippen LogP contribution in [0.3, 0.4) is 0 Å². The van der Waals surface area contributed by atoms with E-state index < -0.39 is 5.82 Å². The second kappa shape index (κ2) is 3.92. The Hall–Kier alpha value is -1.75. The number of benzene rings is 1. The second-order valence-corrected chi connectivity index (χ2v) is 4.23. The lowest BCUT2D eigenvalue weighted by Gasteiger charge is -2.13. The molecule has 1 N–H and O–H groups in total. The lowest BCUT2D eigenvalue weighted by Crippen LogP contribution is -2.30. The van der Waals surface area contributed by atoms with E-state index in [4.69, 9.17) is 0 Å². The smallest absolute Gasteiger partial charge is 0.262 e. The Bertz CT molecular complexity index is 617. The van der Waals surface area contributed by atoms with Crippen molar-refractivity contribution in [2.45, 2.75) is 19.0 Å². The van der Waals surface area contributed by atoms with Crippen molar-refractivity contribution in [1.82, 2.24) is 14.9 Å². The quantitative estimate of drug-likeness (QED) is 0.810. The summed E-state index contributed by atoms with van der Waals surface area (Å²) in [5, 5.41) is 3.56. The predicted octanol–water partition coefficient (Wildman–Crippen LogP) is 1.42. The molecule has 2 heterocycles. The van der Waals surface area contributed by atoms with Gasteiger partial charge in [0.25, 0.3) is 5.56 Å². The first-order valence-corrected chi connectivity index (χ1v) is 5.65. The standard InChI is InChI=1S/C12H12FN3O/c13-8-3-4-10-9(6-8)12(17)16(7-15-10)11-2-1-5-14-11/h3-4,6-7,11,14H,1-2,5H2. The lowest BCUT2D eigenvalue weighted by molar-refractivity contribution is 0.452. The van der Waals surface area contributed by atoms with Crippen molar-refractivity contribution in [2.24, 2.45) is 0 Å². The number of hydrogen-bond donors (Lipinski definition) is 1. The van der Waals surface area contributed by atoms with Crippen molar-refractivity contribution in [3.05, 3.63) is 40.7 Å². The zero-order valence-corrected chi connectivity index (χ0v) is 9.19. The van der Waals surface area contributed by atoms with E-state index in [9.17, 15) is 9.18 Å². The summed E-state index contributed by atoms with van der Waals surface area (Å²) in [5.41, 5.74) is 0.347. The Labute approximate surface area is 97.1 Å². The molecule has 0 spiro atoms. The number of fused-ring (bicyclic) bond motifs is 1. The Morgan fingerprint density at radius 1 is 1.47 bits per heavy atom. The van der Waals surface area contributed by atoms with Gasteiger partial charge in [-0.1, -0.05) is 0 Å². The maximum atomic E-state index is 13.1. The monoisotopic (exact) mass is 233 g/mol. The first-order chi connectivity index (χ1) is 8.25. The Balaban J connectivity index is 2.21. The fourth-order valence-corrected chi connectivity index (χ4v) is 2.23. The van der Waals surface area contributed by atoms with Crippen LogP contribution in [0.25, 0.3) is 10.9 Å². The van der Waals surface area contributed by atoms with Gasteiger partial charge in [-0.3, -0.25) is 14.7 Å². The minimum atomic E-state index is -0.409. The second-order valence-electron chi connectivity index (χ2n) is 4.23. The first kappa shape index (κ1) is 10.4. The molecular formula is C12H12FN3O. The van der Waals surface area contributed by atoms with Crippen molar-refractivity contribution in [1.29, 1.82) is 0 Å². The van der Waals surface area contributed by atoms with Crippen LogP contribution in [0.2, 0.25) is 0 Å². The average Bonchev–Trinajstić information content (AvgIpc) is 2.84. The highest BCUT2D eigenvalue weighted by Crippen LogP contribution is 2.15. The van der Waals surface area contributed by atoms with Gasteiger partial charge in [0.1, 0.15) is 5.82 Å². The molecule has 5 heteroatoms. The van der Waals surface area contributed by atoms with Crippen LogP contribution in [0.4, 0.5) is 4.39 Å². The van der Waals surface area contributed by atoms with Gasteiger partial charge in [-0.25, -0.2) is 9.37 Å². The summed E-state index contributed by atoms with van der Waals surface area (Å²) in [6.45, 7) is 0.901. The number of nitrogens with zero attached hydrogens (tertiary/aromatic N) is 2. The van der Waals surface area contributed by atoms with Crippen molar-refractivity contribution in [3.63, 3.8) is 0 Å². The minimum absolute atomic E-state index is 0.0114. The molecule has 1 fully saturated rings. The molecular weight excluding hydrogens is 221 g/mol. The van der Waals surface area contributed by atoms with Crippen LogP contribution in [0, 0.1) is 5.82 Å². The SMILES string of the molecule is O=c1c2cc(F)ccc2ncn1C1CCCN1. The third-order valence-electron chi connectivity index (χ3n) is 3.11. The van der Waals surface area contributed by atoms with E-state index in [1.807, 2.05) is 0 Å². The third kappa shape index (κ3) is 1.72. The van der Waals surface area contributed by atoms with Gasteiger partial charge in [0.2, 0.25) is 0 Å². The molecule has 1 aromatic heterocycles. The molecule has 2 aromatic rings. The number of hydrogen-bond acceptors (Lipinski definition) is 3. The van der Waals surface area contributed by atoms with Crippen LogP contribution in [0.15, 0.2) is 29.3 Å². The first-order valence-electron chi connectivity index (χ1n) is 5.65. The summed E-state index contributed by atoms with van der Waals surface area (Å²) in [6, 6.07) is 4.08. The average molecular weight is 233 g/mol. The highest BCUT2D eigenvalue weighted by molar-refractivity contribution is 5.77.